The molecular weight excluding hydrogens is 410 g/mol. The van der Waals surface area contributed by atoms with Crippen LogP contribution in [0, 0.1) is 11.6 Å². The van der Waals surface area contributed by atoms with Crippen LogP contribution in [0.15, 0.2) is 60.8 Å². The van der Waals surface area contributed by atoms with Gasteiger partial charge < -0.3 is 10.2 Å². The number of amides is 1. The lowest BCUT2D eigenvalue weighted by molar-refractivity contribution is -0.125. The van der Waals surface area contributed by atoms with Crippen molar-refractivity contribution in [1.29, 1.82) is 0 Å². The van der Waals surface area contributed by atoms with Gasteiger partial charge in [-0.25, -0.2) is 8.78 Å². The summed E-state index contributed by atoms with van der Waals surface area (Å²) >= 11 is 0. The van der Waals surface area contributed by atoms with Crippen molar-refractivity contribution in [1.82, 2.24) is 15.1 Å². The Labute approximate surface area is 183 Å². The van der Waals surface area contributed by atoms with E-state index in [4.69, 9.17) is 0 Å². The van der Waals surface area contributed by atoms with Gasteiger partial charge in [0.1, 0.15) is 17.0 Å². The van der Waals surface area contributed by atoms with E-state index in [-0.39, 0.29) is 18.0 Å². The number of aryl methyl sites for hydroxylation is 1. The second-order valence-electron chi connectivity index (χ2n) is 8.55. The lowest BCUT2D eigenvalue weighted by Crippen LogP contribution is -2.61. The average Bonchev–Trinajstić information content (AvgIpc) is 3.24. The first-order chi connectivity index (χ1) is 15.5. The number of para-hydroxylation sites is 1. The van der Waals surface area contributed by atoms with Crippen molar-refractivity contribution in [2.24, 2.45) is 7.05 Å². The van der Waals surface area contributed by atoms with Crippen molar-refractivity contribution in [3.05, 3.63) is 83.6 Å². The van der Waals surface area contributed by atoms with Gasteiger partial charge in [-0.15, -0.1) is 0 Å². The number of rotatable bonds is 3. The van der Waals surface area contributed by atoms with Gasteiger partial charge in [-0.1, -0.05) is 30.3 Å². The molecule has 7 heteroatoms. The first-order valence-electron chi connectivity index (χ1n) is 10.5. The van der Waals surface area contributed by atoms with Gasteiger partial charge in [-0.2, -0.15) is 5.10 Å². The Kier molecular flexibility index (Phi) is 4.01. The van der Waals surface area contributed by atoms with Gasteiger partial charge in [0.05, 0.1) is 12.1 Å². The molecule has 1 spiro atoms. The Morgan fingerprint density at radius 1 is 1.06 bits per heavy atom. The fourth-order valence-corrected chi connectivity index (χ4v) is 4.95. The van der Waals surface area contributed by atoms with Crippen molar-refractivity contribution in [2.45, 2.75) is 12.0 Å². The third kappa shape index (κ3) is 2.58. The molecule has 1 N–H and O–H groups in total. The van der Waals surface area contributed by atoms with Crippen LogP contribution in [0.5, 0.6) is 0 Å². The number of anilines is 1. The van der Waals surface area contributed by atoms with Crippen LogP contribution in [0.4, 0.5) is 14.5 Å². The van der Waals surface area contributed by atoms with Gasteiger partial charge in [0.25, 0.3) is 0 Å². The van der Waals surface area contributed by atoms with Crippen molar-refractivity contribution >= 4 is 22.5 Å². The Morgan fingerprint density at radius 3 is 2.53 bits per heavy atom. The highest BCUT2D eigenvalue weighted by molar-refractivity contribution is 6.09. The second kappa shape index (κ2) is 6.71. The molecule has 3 aromatic carbocycles. The molecule has 4 aromatic rings. The largest absolute Gasteiger partial charge is 0.314 e. The van der Waals surface area contributed by atoms with E-state index < -0.39 is 17.0 Å². The van der Waals surface area contributed by atoms with Crippen LogP contribution in [0.25, 0.3) is 22.0 Å². The number of aromatic nitrogens is 2. The molecule has 0 atom stereocenters. The summed E-state index contributed by atoms with van der Waals surface area (Å²) in [5.41, 5.74) is 2.82. The van der Waals surface area contributed by atoms with Gasteiger partial charge in [0.2, 0.25) is 5.91 Å². The fraction of sp³-hybridized carbons (Fsp3) is 0.200. The van der Waals surface area contributed by atoms with E-state index in [1.165, 1.54) is 17.0 Å². The highest BCUT2D eigenvalue weighted by atomic mass is 19.1. The molecule has 1 saturated heterocycles. The van der Waals surface area contributed by atoms with Gasteiger partial charge in [-0.05, 0) is 41.0 Å². The molecule has 0 saturated carbocycles. The van der Waals surface area contributed by atoms with Crippen molar-refractivity contribution in [2.75, 3.05) is 18.0 Å². The fourth-order valence-electron chi connectivity index (χ4n) is 4.95. The number of carbonyl (C=O) groups is 1. The maximum Gasteiger partial charge on any atom is 0.240 e. The third-order valence-electron chi connectivity index (χ3n) is 6.65. The molecule has 1 aromatic heterocycles. The molecular formula is C25H20F2N4O. The molecule has 160 valence electrons. The van der Waals surface area contributed by atoms with E-state index in [0.29, 0.717) is 24.2 Å². The standard InChI is InChI=1S/C25H20F2N4O/c1-30-11-17-16(5-4-7-22(17)29-30)15-9-20(26)18(21(27)10-15)12-31-23-8-3-2-6-19(23)25(24(31)32)13-28-14-25/h2-11,28H,12-14H2,1H3. The van der Waals surface area contributed by atoms with Crippen LogP contribution >= 0.6 is 0 Å². The first-order valence-corrected chi connectivity index (χ1v) is 10.5. The minimum atomic E-state index is -0.668. The van der Waals surface area contributed by atoms with Crippen LogP contribution < -0.4 is 10.2 Å². The van der Waals surface area contributed by atoms with E-state index in [1.54, 1.807) is 4.68 Å². The van der Waals surface area contributed by atoms with Crippen LogP contribution in [0.1, 0.15) is 11.1 Å². The number of hydrogen-bond acceptors (Lipinski definition) is 3. The summed E-state index contributed by atoms with van der Waals surface area (Å²) in [5.74, 6) is -1.45. The minimum absolute atomic E-state index is 0.111. The third-order valence-corrected chi connectivity index (χ3v) is 6.65. The Bertz CT molecular complexity index is 1380. The van der Waals surface area contributed by atoms with Crippen LogP contribution in [-0.2, 0) is 23.8 Å². The van der Waals surface area contributed by atoms with Crippen molar-refractivity contribution in [3.63, 3.8) is 0 Å². The maximum atomic E-state index is 15.2. The summed E-state index contributed by atoms with van der Waals surface area (Å²) in [7, 11) is 1.81. The smallest absolute Gasteiger partial charge is 0.240 e. The summed E-state index contributed by atoms with van der Waals surface area (Å²) < 4.78 is 32.1. The zero-order valence-corrected chi connectivity index (χ0v) is 17.4. The van der Waals surface area contributed by atoms with Crippen molar-refractivity contribution in [3.8, 4) is 11.1 Å². The summed E-state index contributed by atoms with van der Waals surface area (Å²) in [6.07, 6.45) is 1.83. The lowest BCUT2D eigenvalue weighted by atomic mass is 9.76. The lowest BCUT2D eigenvalue weighted by Gasteiger charge is -2.38. The number of hydrogen-bond donors (Lipinski definition) is 1. The molecule has 0 unspecified atom stereocenters. The van der Waals surface area contributed by atoms with E-state index in [9.17, 15) is 4.79 Å². The number of halogens is 2. The predicted octanol–water partition coefficient (Wildman–Crippen LogP) is 3.91. The SMILES string of the molecule is Cn1cc2c(-c3cc(F)c(CN4C(=O)C5(CNC5)c5ccccc54)c(F)c3)cccc2n1. The average molecular weight is 430 g/mol. The van der Waals surface area contributed by atoms with Crippen molar-refractivity contribution < 1.29 is 13.6 Å². The number of benzene rings is 3. The maximum absolute atomic E-state index is 15.2. The van der Waals surface area contributed by atoms with Gasteiger partial charge in [-0.3, -0.25) is 9.48 Å². The molecule has 5 nitrogen and oxygen atoms in total. The highest BCUT2D eigenvalue weighted by Gasteiger charge is 2.54. The molecule has 6 rings (SSSR count). The molecule has 0 aliphatic carbocycles. The summed E-state index contributed by atoms with van der Waals surface area (Å²) in [6.45, 7) is 0.934. The molecule has 0 bridgehead atoms. The van der Waals surface area contributed by atoms with E-state index in [1.807, 2.05) is 55.7 Å². The van der Waals surface area contributed by atoms with E-state index in [2.05, 4.69) is 10.4 Å². The van der Waals surface area contributed by atoms with E-state index >= 15 is 8.78 Å². The monoisotopic (exact) mass is 430 g/mol. The van der Waals surface area contributed by atoms with Crippen LogP contribution in [-0.4, -0.2) is 28.8 Å². The van der Waals surface area contributed by atoms with E-state index in [0.717, 1.165) is 22.2 Å². The zero-order valence-electron chi connectivity index (χ0n) is 17.4. The topological polar surface area (TPSA) is 50.2 Å². The Hall–Kier alpha value is -3.58. The molecule has 32 heavy (non-hydrogen) atoms. The molecule has 2 aliphatic rings. The highest BCUT2D eigenvalue weighted by Crippen LogP contribution is 2.45. The minimum Gasteiger partial charge on any atom is -0.314 e. The first kappa shape index (κ1) is 19.1. The molecule has 3 heterocycles. The van der Waals surface area contributed by atoms with Crippen LogP contribution in [0.2, 0.25) is 0 Å². The second-order valence-corrected chi connectivity index (χ2v) is 8.55. The number of carbonyl (C=O) groups excluding carboxylic acids is 1. The molecule has 1 fully saturated rings. The Balaban J connectivity index is 1.40. The summed E-state index contributed by atoms with van der Waals surface area (Å²) in [6, 6.07) is 15.7. The number of fused-ring (bicyclic) bond motifs is 3. The van der Waals surface area contributed by atoms with Gasteiger partial charge >= 0.3 is 0 Å². The zero-order chi connectivity index (χ0) is 22.0. The summed E-state index contributed by atoms with van der Waals surface area (Å²) in [4.78, 5) is 14.8. The normalized spacial score (nSPS) is 16.6. The number of nitrogens with zero attached hydrogens (tertiary/aromatic N) is 3. The quantitative estimate of drug-likeness (QED) is 0.536. The molecule has 0 radical (unpaired) electrons. The van der Waals surface area contributed by atoms with Gasteiger partial charge in [0.15, 0.2) is 0 Å². The van der Waals surface area contributed by atoms with Gasteiger partial charge in [0, 0.05) is 43.0 Å². The summed E-state index contributed by atoms with van der Waals surface area (Å²) in [5, 5.41) is 8.35. The molecule has 1 amide bonds. The Morgan fingerprint density at radius 2 is 1.81 bits per heavy atom. The predicted molar refractivity (Wildman–Crippen MR) is 118 cm³/mol. The molecule has 2 aliphatic heterocycles. The number of nitrogens with one attached hydrogen (secondary N) is 1. The van der Waals surface area contributed by atoms with Crippen LogP contribution in [0.3, 0.4) is 0 Å².